The Kier molecular flexibility index (Phi) is 4.03. The van der Waals surface area contributed by atoms with E-state index in [2.05, 4.69) is 0 Å². The summed E-state index contributed by atoms with van der Waals surface area (Å²) >= 11 is 0. The molecule has 0 amide bonds. The van der Waals surface area contributed by atoms with Crippen molar-refractivity contribution in [1.29, 1.82) is 0 Å². The first-order valence-corrected chi connectivity index (χ1v) is 5.10. The van der Waals surface area contributed by atoms with Crippen LogP contribution in [0.3, 0.4) is 0 Å². The topological polar surface area (TPSA) is 83.7 Å². The van der Waals surface area contributed by atoms with Gasteiger partial charge in [0, 0.05) is 30.9 Å². The number of aryl methyl sites for hydroxylation is 1. The largest absolute Gasteiger partial charge is 0.481 e. The Bertz CT molecular complexity index is 445. The molecule has 6 heteroatoms. The van der Waals surface area contributed by atoms with Gasteiger partial charge in [-0.2, -0.15) is 0 Å². The van der Waals surface area contributed by atoms with Crippen molar-refractivity contribution in [2.75, 3.05) is 18.5 Å². The van der Waals surface area contributed by atoms with Crippen LogP contribution in [0.25, 0.3) is 0 Å². The molecule has 6 nitrogen and oxygen atoms in total. The summed E-state index contributed by atoms with van der Waals surface area (Å²) in [5, 5.41) is 19.2. The summed E-state index contributed by atoms with van der Waals surface area (Å²) in [4.78, 5) is 22.4. The average Bonchev–Trinajstić information content (AvgIpc) is 2.25. The molecule has 92 valence electrons. The van der Waals surface area contributed by atoms with E-state index in [-0.39, 0.29) is 12.1 Å². The molecule has 0 unspecified atom stereocenters. The molecule has 1 N–H and O–H groups in total. The van der Waals surface area contributed by atoms with Crippen LogP contribution in [0.2, 0.25) is 0 Å². The van der Waals surface area contributed by atoms with Crippen LogP contribution in [0.1, 0.15) is 12.0 Å². The summed E-state index contributed by atoms with van der Waals surface area (Å²) in [7, 11) is 1.75. The average molecular weight is 238 g/mol. The number of nitrogens with zero attached hydrogens (tertiary/aromatic N) is 2. The number of benzene rings is 1. The SMILES string of the molecule is Cc1cc(N(C)CCC(=O)O)ccc1[N+](=O)[O-]. The van der Waals surface area contributed by atoms with Crippen LogP contribution in [0.4, 0.5) is 11.4 Å². The Balaban J connectivity index is 2.82. The zero-order valence-electron chi connectivity index (χ0n) is 9.71. The monoisotopic (exact) mass is 238 g/mol. The van der Waals surface area contributed by atoms with Gasteiger partial charge in [-0.3, -0.25) is 14.9 Å². The lowest BCUT2D eigenvalue weighted by atomic mass is 10.1. The van der Waals surface area contributed by atoms with Crippen LogP contribution in [-0.4, -0.2) is 29.6 Å². The minimum absolute atomic E-state index is 0.0343. The molecular formula is C11H14N2O4. The fourth-order valence-electron chi connectivity index (χ4n) is 1.47. The third-order valence-electron chi connectivity index (χ3n) is 2.48. The van der Waals surface area contributed by atoms with E-state index in [1.807, 2.05) is 0 Å². The minimum atomic E-state index is -0.865. The number of aliphatic carboxylic acids is 1. The molecule has 0 aromatic heterocycles. The van der Waals surface area contributed by atoms with Crippen molar-refractivity contribution < 1.29 is 14.8 Å². The van der Waals surface area contributed by atoms with E-state index in [0.29, 0.717) is 12.1 Å². The first-order chi connectivity index (χ1) is 7.91. The van der Waals surface area contributed by atoms with Gasteiger partial charge in [0.05, 0.1) is 11.3 Å². The molecule has 17 heavy (non-hydrogen) atoms. The van der Waals surface area contributed by atoms with Gasteiger partial charge in [-0.1, -0.05) is 0 Å². The lowest BCUT2D eigenvalue weighted by Gasteiger charge is -2.18. The number of carbonyl (C=O) groups is 1. The second kappa shape index (κ2) is 5.29. The van der Waals surface area contributed by atoms with Crippen molar-refractivity contribution in [2.24, 2.45) is 0 Å². The smallest absolute Gasteiger partial charge is 0.305 e. The highest BCUT2D eigenvalue weighted by atomic mass is 16.6. The number of carboxylic acids is 1. The molecule has 1 rings (SSSR count). The highest BCUT2D eigenvalue weighted by Crippen LogP contribution is 2.23. The maximum atomic E-state index is 10.6. The van der Waals surface area contributed by atoms with E-state index < -0.39 is 10.9 Å². The van der Waals surface area contributed by atoms with Gasteiger partial charge in [0.2, 0.25) is 0 Å². The zero-order valence-corrected chi connectivity index (χ0v) is 9.71. The molecule has 0 bridgehead atoms. The van der Waals surface area contributed by atoms with E-state index in [4.69, 9.17) is 5.11 Å². The summed E-state index contributed by atoms with van der Waals surface area (Å²) in [6.45, 7) is 2.03. The van der Waals surface area contributed by atoms with Crippen LogP contribution >= 0.6 is 0 Å². The van der Waals surface area contributed by atoms with E-state index in [9.17, 15) is 14.9 Å². The van der Waals surface area contributed by atoms with Crippen LogP contribution < -0.4 is 4.90 Å². The summed E-state index contributed by atoms with van der Waals surface area (Å²) in [5.41, 5.74) is 1.41. The van der Waals surface area contributed by atoms with Gasteiger partial charge in [-0.05, 0) is 19.1 Å². The number of nitro groups is 1. The van der Waals surface area contributed by atoms with Gasteiger partial charge >= 0.3 is 5.97 Å². The Morgan fingerprint density at radius 1 is 1.53 bits per heavy atom. The van der Waals surface area contributed by atoms with Gasteiger partial charge < -0.3 is 10.0 Å². The second-order valence-corrected chi connectivity index (χ2v) is 3.79. The molecule has 0 fully saturated rings. The minimum Gasteiger partial charge on any atom is -0.481 e. The summed E-state index contributed by atoms with van der Waals surface area (Å²) < 4.78 is 0. The zero-order chi connectivity index (χ0) is 13.0. The van der Waals surface area contributed by atoms with Crippen molar-refractivity contribution in [3.05, 3.63) is 33.9 Å². The normalized spacial score (nSPS) is 10.0. The maximum absolute atomic E-state index is 10.6. The molecule has 0 aliphatic carbocycles. The first kappa shape index (κ1) is 13.0. The predicted octanol–water partition coefficient (Wildman–Crippen LogP) is 1.81. The van der Waals surface area contributed by atoms with Crippen LogP contribution in [-0.2, 0) is 4.79 Å². The lowest BCUT2D eigenvalue weighted by Crippen LogP contribution is -2.21. The molecule has 0 aliphatic rings. The number of anilines is 1. The number of hydrogen-bond donors (Lipinski definition) is 1. The third kappa shape index (κ3) is 3.44. The Hall–Kier alpha value is -2.11. The molecule has 0 radical (unpaired) electrons. The molecule has 0 spiro atoms. The molecule has 0 saturated carbocycles. The van der Waals surface area contributed by atoms with Crippen molar-refractivity contribution in [3.63, 3.8) is 0 Å². The molecule has 0 heterocycles. The molecule has 0 aliphatic heterocycles. The van der Waals surface area contributed by atoms with Gasteiger partial charge in [0.15, 0.2) is 0 Å². The van der Waals surface area contributed by atoms with E-state index in [1.165, 1.54) is 6.07 Å². The molecule has 1 aromatic carbocycles. The number of nitro benzene ring substituents is 1. The second-order valence-electron chi connectivity index (χ2n) is 3.79. The van der Waals surface area contributed by atoms with Crippen molar-refractivity contribution in [2.45, 2.75) is 13.3 Å². The fourth-order valence-corrected chi connectivity index (χ4v) is 1.47. The maximum Gasteiger partial charge on any atom is 0.305 e. The van der Waals surface area contributed by atoms with Gasteiger partial charge in [0.25, 0.3) is 5.69 Å². The number of carboxylic acid groups (broad SMARTS) is 1. The first-order valence-electron chi connectivity index (χ1n) is 5.10. The highest BCUT2D eigenvalue weighted by molar-refractivity contribution is 5.67. The van der Waals surface area contributed by atoms with Crippen LogP contribution in [0, 0.1) is 17.0 Å². The number of rotatable bonds is 5. The Labute approximate surface area is 98.6 Å². The fraction of sp³-hybridized carbons (Fsp3) is 0.364. The molecule has 1 aromatic rings. The van der Waals surface area contributed by atoms with E-state index in [0.717, 1.165) is 5.69 Å². The molecule has 0 saturated heterocycles. The van der Waals surface area contributed by atoms with Crippen LogP contribution in [0.5, 0.6) is 0 Å². The van der Waals surface area contributed by atoms with Crippen molar-refractivity contribution in [3.8, 4) is 0 Å². The standard InChI is InChI=1S/C11H14N2O4/c1-8-7-9(3-4-10(8)13(16)17)12(2)6-5-11(14)15/h3-4,7H,5-6H2,1-2H3,(H,14,15). The quantitative estimate of drug-likeness (QED) is 0.624. The van der Waals surface area contributed by atoms with Crippen LogP contribution in [0.15, 0.2) is 18.2 Å². The predicted molar refractivity (Wildman–Crippen MR) is 63.4 cm³/mol. The van der Waals surface area contributed by atoms with Crippen molar-refractivity contribution >= 4 is 17.3 Å². The van der Waals surface area contributed by atoms with Gasteiger partial charge in [0.1, 0.15) is 0 Å². The van der Waals surface area contributed by atoms with E-state index >= 15 is 0 Å². The summed E-state index contributed by atoms with van der Waals surface area (Å²) in [6.07, 6.45) is 0.0343. The van der Waals surface area contributed by atoms with Crippen molar-refractivity contribution in [1.82, 2.24) is 0 Å². The molecular weight excluding hydrogens is 224 g/mol. The Morgan fingerprint density at radius 2 is 2.18 bits per heavy atom. The van der Waals surface area contributed by atoms with Gasteiger partial charge in [-0.25, -0.2) is 0 Å². The summed E-state index contributed by atoms with van der Waals surface area (Å²) in [6, 6.07) is 4.73. The highest BCUT2D eigenvalue weighted by Gasteiger charge is 2.12. The third-order valence-corrected chi connectivity index (χ3v) is 2.48. The molecule has 0 atom stereocenters. The lowest BCUT2D eigenvalue weighted by molar-refractivity contribution is -0.385. The summed E-state index contributed by atoms with van der Waals surface area (Å²) in [5.74, 6) is -0.865. The van der Waals surface area contributed by atoms with E-state index in [1.54, 1.807) is 31.0 Å². The number of hydrogen-bond acceptors (Lipinski definition) is 4. The van der Waals surface area contributed by atoms with Gasteiger partial charge in [-0.15, -0.1) is 0 Å². The Morgan fingerprint density at radius 3 is 2.65 bits per heavy atom.